The molecule has 0 heterocycles. The monoisotopic (exact) mass is 168 g/mol. The van der Waals surface area contributed by atoms with Crippen LogP contribution in [-0.4, -0.2) is 16.7 Å². The molecule has 0 unspecified atom stereocenters. The third-order valence-corrected chi connectivity index (χ3v) is 1.65. The van der Waals surface area contributed by atoms with E-state index in [2.05, 4.69) is 10.4 Å². The maximum absolute atomic E-state index is 11.2. The Balaban J connectivity index is 3.08. The molecule has 0 saturated heterocycles. The molecule has 0 aliphatic rings. The molecule has 0 bridgehead atoms. The molecule has 1 aromatic carbocycles. The van der Waals surface area contributed by atoms with Crippen LogP contribution >= 0.6 is 0 Å². The van der Waals surface area contributed by atoms with Gasteiger partial charge in [0.25, 0.3) is 0 Å². The summed E-state index contributed by atoms with van der Waals surface area (Å²) >= 11 is 0. The normalized spacial score (nSPS) is 11.1. The molecule has 0 spiro atoms. The van der Waals surface area contributed by atoms with Gasteiger partial charge < -0.3 is 0 Å². The highest BCUT2D eigenvalue weighted by atomic mass is 32.2. The summed E-state index contributed by atoms with van der Waals surface area (Å²) in [6.07, 6.45) is 3.21. The van der Waals surface area contributed by atoms with Crippen LogP contribution in [0.15, 0.2) is 28.6 Å². The van der Waals surface area contributed by atoms with Gasteiger partial charge >= 0.3 is 0 Å². The summed E-state index contributed by atoms with van der Waals surface area (Å²) in [4.78, 5) is 0. The largest absolute Gasteiger partial charge is 0.250 e. The number of hydrogen-bond donors (Lipinski definition) is 0. The predicted octanol–water partition coefficient (Wildman–Crippen LogP) is 1.85. The number of benzene rings is 1. The molecule has 11 heavy (non-hydrogen) atoms. The second-order valence-electron chi connectivity index (χ2n) is 2.52. The van der Waals surface area contributed by atoms with Crippen molar-refractivity contribution in [1.82, 2.24) is 0 Å². The van der Waals surface area contributed by atoms with E-state index < -0.39 is 9.73 Å². The molecule has 0 aliphatic carbocycles. The summed E-state index contributed by atoms with van der Waals surface area (Å²) in [6, 6.07) is 10.1. The van der Waals surface area contributed by atoms with Crippen LogP contribution in [0.2, 0.25) is 0 Å². The molecule has 0 saturated carbocycles. The molecular weight excluding hydrogens is 158 g/mol. The summed E-state index contributed by atoms with van der Waals surface area (Å²) in [5.74, 6) is 0. The topological polar surface area (TPSA) is 29.4 Å². The van der Waals surface area contributed by atoms with E-state index >= 15 is 0 Å². The van der Waals surface area contributed by atoms with E-state index in [-0.39, 0.29) is 0 Å². The summed E-state index contributed by atoms with van der Waals surface area (Å²) < 4.78 is 15.1. The third-order valence-electron chi connectivity index (χ3n) is 1.01. The molecule has 0 N–H and O–H groups in total. The van der Waals surface area contributed by atoms with E-state index in [1.807, 2.05) is 12.1 Å². The van der Waals surface area contributed by atoms with Gasteiger partial charge in [0.2, 0.25) is 0 Å². The van der Waals surface area contributed by atoms with Gasteiger partial charge in [0.1, 0.15) is 0 Å². The molecule has 0 fully saturated rings. The molecule has 0 atom stereocenters. The van der Waals surface area contributed by atoms with Gasteiger partial charge in [-0.25, -0.2) is 4.21 Å². The molecule has 59 valence electrons. The van der Waals surface area contributed by atoms with E-state index in [1.165, 1.54) is 0 Å². The molecule has 2 nitrogen and oxygen atoms in total. The quantitative estimate of drug-likeness (QED) is 0.629. The zero-order valence-corrected chi connectivity index (χ0v) is 7.39. The second kappa shape index (κ2) is 3.05. The van der Waals surface area contributed by atoms with E-state index in [9.17, 15) is 4.21 Å². The number of nitrogens with zero attached hydrogens (tertiary/aromatic N) is 1. The van der Waals surface area contributed by atoms with Gasteiger partial charge in [-0.1, -0.05) is 18.2 Å². The Morgan fingerprint density at radius 1 is 1.45 bits per heavy atom. The van der Waals surface area contributed by atoms with Gasteiger partial charge in [0.05, 0.1) is 5.69 Å². The maximum atomic E-state index is 11.2. The first-order valence-electron chi connectivity index (χ1n) is 3.22. The Bertz CT molecular complexity index is 328. The van der Waals surface area contributed by atoms with Crippen molar-refractivity contribution in [2.45, 2.75) is 0 Å². The van der Waals surface area contributed by atoms with Gasteiger partial charge in [-0.15, -0.1) is 0 Å². The Morgan fingerprint density at radius 2 is 2.18 bits per heavy atom. The van der Waals surface area contributed by atoms with Crippen LogP contribution < -0.4 is 0 Å². The van der Waals surface area contributed by atoms with E-state index in [0.717, 1.165) is 0 Å². The Labute approximate surface area is 67.4 Å². The molecule has 0 amide bonds. The lowest BCUT2D eigenvalue weighted by atomic mass is 10.3. The summed E-state index contributed by atoms with van der Waals surface area (Å²) in [5.41, 5.74) is 0.655. The minimum Gasteiger partial charge on any atom is -0.250 e. The highest BCUT2D eigenvalue weighted by Crippen LogP contribution is 2.10. The van der Waals surface area contributed by atoms with Gasteiger partial charge in [-0.3, -0.25) is 0 Å². The minimum atomic E-state index is -2.03. The highest BCUT2D eigenvalue weighted by molar-refractivity contribution is 7.92. The van der Waals surface area contributed by atoms with Crippen molar-refractivity contribution in [1.29, 1.82) is 0 Å². The average molecular weight is 168 g/mol. The van der Waals surface area contributed by atoms with E-state index in [4.69, 9.17) is 0 Å². The van der Waals surface area contributed by atoms with Crippen molar-refractivity contribution in [3.63, 3.8) is 0 Å². The van der Waals surface area contributed by atoms with Gasteiger partial charge in [0.15, 0.2) is 0 Å². The highest BCUT2D eigenvalue weighted by Gasteiger charge is 1.90. The smallest absolute Gasteiger partial charge is 0.0809 e. The Morgan fingerprint density at radius 3 is 2.64 bits per heavy atom. The van der Waals surface area contributed by atoms with Crippen LogP contribution in [0.5, 0.6) is 0 Å². The maximum Gasteiger partial charge on any atom is 0.0809 e. The lowest BCUT2D eigenvalue weighted by Crippen LogP contribution is -1.88. The molecular formula is C8H10NOS. The van der Waals surface area contributed by atoms with Crippen molar-refractivity contribution in [2.75, 3.05) is 12.5 Å². The number of hydrogen-bond acceptors (Lipinski definition) is 2. The van der Waals surface area contributed by atoms with E-state index in [0.29, 0.717) is 5.69 Å². The molecule has 1 radical (unpaired) electrons. The fourth-order valence-corrected chi connectivity index (χ4v) is 1.26. The van der Waals surface area contributed by atoms with Crippen molar-refractivity contribution < 1.29 is 4.21 Å². The average Bonchev–Trinajstić information content (AvgIpc) is 1.85. The minimum absolute atomic E-state index is 0.655. The molecule has 3 heteroatoms. The van der Waals surface area contributed by atoms with Gasteiger partial charge in [0, 0.05) is 28.3 Å². The van der Waals surface area contributed by atoms with Crippen LogP contribution in [0.4, 0.5) is 5.69 Å². The van der Waals surface area contributed by atoms with Crippen LogP contribution in [0.1, 0.15) is 0 Å². The van der Waals surface area contributed by atoms with Crippen LogP contribution in [-0.2, 0) is 9.73 Å². The molecule has 1 aromatic rings. The van der Waals surface area contributed by atoms with Crippen LogP contribution in [0, 0.1) is 6.07 Å². The SMILES string of the molecule is CS(C)(=O)=Nc1[c]cccc1. The lowest BCUT2D eigenvalue weighted by Gasteiger charge is -1.93. The number of rotatable bonds is 1. The fourth-order valence-electron chi connectivity index (χ4n) is 0.677. The molecule has 1 rings (SSSR count). The first-order chi connectivity index (χ1) is 5.08. The standard InChI is InChI=1S/C8H10NOS/c1-11(2,10)9-8-6-4-3-5-7-8/h3-6H,1-2H3. The zero-order chi connectivity index (χ0) is 8.32. The molecule has 0 aromatic heterocycles. The first kappa shape index (κ1) is 8.27. The predicted molar refractivity (Wildman–Crippen MR) is 47.4 cm³/mol. The van der Waals surface area contributed by atoms with E-state index in [1.54, 1.807) is 24.6 Å². The van der Waals surface area contributed by atoms with Gasteiger partial charge in [-0.05, 0) is 6.07 Å². The van der Waals surface area contributed by atoms with Crippen LogP contribution in [0.3, 0.4) is 0 Å². The van der Waals surface area contributed by atoms with Crippen molar-refractivity contribution >= 4 is 15.4 Å². The van der Waals surface area contributed by atoms with Gasteiger partial charge in [-0.2, -0.15) is 4.36 Å². The van der Waals surface area contributed by atoms with Crippen LogP contribution in [0.25, 0.3) is 0 Å². The molecule has 0 aliphatic heterocycles. The lowest BCUT2D eigenvalue weighted by molar-refractivity contribution is 0.684. The van der Waals surface area contributed by atoms with Crippen molar-refractivity contribution in [3.8, 4) is 0 Å². The zero-order valence-electron chi connectivity index (χ0n) is 6.57. The summed E-state index contributed by atoms with van der Waals surface area (Å²) in [5, 5.41) is 0. The Hall–Kier alpha value is -0.830. The summed E-state index contributed by atoms with van der Waals surface area (Å²) in [6.45, 7) is 0. The van der Waals surface area contributed by atoms with Crippen molar-refractivity contribution in [3.05, 3.63) is 30.3 Å². The second-order valence-corrected chi connectivity index (χ2v) is 5.07. The third kappa shape index (κ3) is 3.18. The Kier molecular flexibility index (Phi) is 2.29. The van der Waals surface area contributed by atoms with Crippen molar-refractivity contribution in [2.24, 2.45) is 4.36 Å². The first-order valence-corrected chi connectivity index (χ1v) is 5.55. The summed E-state index contributed by atoms with van der Waals surface area (Å²) in [7, 11) is -2.03. The fraction of sp³-hybridized carbons (Fsp3) is 0.250.